The molecule has 0 atom stereocenters. The molecular weight excluding hydrogens is 288 g/mol. The van der Waals surface area contributed by atoms with Gasteiger partial charge in [0.15, 0.2) is 0 Å². The van der Waals surface area contributed by atoms with Crippen LogP contribution < -0.4 is 0 Å². The summed E-state index contributed by atoms with van der Waals surface area (Å²) in [5.74, 6) is 0. The quantitative estimate of drug-likeness (QED) is 0.352. The lowest BCUT2D eigenvalue weighted by Gasteiger charge is -2.15. The van der Waals surface area contributed by atoms with E-state index in [1.807, 2.05) is 0 Å². The molecule has 0 N–H and O–H groups in total. The van der Waals surface area contributed by atoms with Crippen LogP contribution in [-0.2, 0) is 0 Å². The molecule has 0 aliphatic rings. The Morgan fingerprint density at radius 3 is 1.33 bits per heavy atom. The molecule has 0 aliphatic heterocycles. The topological polar surface area (TPSA) is 0 Å². The van der Waals surface area contributed by atoms with Crippen molar-refractivity contribution in [2.45, 2.75) is 100 Å². The van der Waals surface area contributed by atoms with Crippen LogP contribution in [-0.4, -0.2) is 0 Å². The van der Waals surface area contributed by atoms with Gasteiger partial charge in [0.1, 0.15) is 0 Å². The fourth-order valence-corrected chi connectivity index (χ4v) is 2.47. The summed E-state index contributed by atoms with van der Waals surface area (Å²) < 4.78 is 0. The van der Waals surface area contributed by atoms with Crippen molar-refractivity contribution in [1.82, 2.24) is 0 Å². The molecule has 0 fully saturated rings. The molecule has 0 aromatic rings. The molecule has 0 heteroatoms. The average molecular weight is 331 g/mol. The Balaban J connectivity index is 4.05. The van der Waals surface area contributed by atoms with Crippen LogP contribution in [0, 0.1) is 5.41 Å². The standard InChI is InChI=1S/C24H42/c1-20(2)12-9-13-21(3)14-10-15-22(4)16-11-17-23(5)18-19-24(6,7)8/h12,14,16,18H,9-11,13,15,17,19H2,1-8H3/b21-14+,22-16-,23-18+. The van der Waals surface area contributed by atoms with Gasteiger partial charge < -0.3 is 0 Å². The fraction of sp³-hybridized carbons (Fsp3) is 0.667. The minimum absolute atomic E-state index is 0.406. The van der Waals surface area contributed by atoms with Crippen molar-refractivity contribution < 1.29 is 0 Å². The molecular formula is C24H42. The zero-order valence-corrected chi connectivity index (χ0v) is 17.8. The summed E-state index contributed by atoms with van der Waals surface area (Å²) in [6.07, 6.45) is 17.9. The molecule has 0 saturated heterocycles. The monoisotopic (exact) mass is 330 g/mol. The van der Waals surface area contributed by atoms with E-state index in [-0.39, 0.29) is 0 Å². The summed E-state index contributed by atoms with van der Waals surface area (Å²) in [4.78, 5) is 0. The SMILES string of the molecule is CC(C)=CCC/C(C)=C/CC/C(C)=C\CC/C(C)=C/CC(C)(C)C. The van der Waals surface area contributed by atoms with E-state index in [0.29, 0.717) is 5.41 Å². The molecule has 0 saturated carbocycles. The predicted octanol–water partition coefficient (Wildman–Crippen LogP) is 8.57. The van der Waals surface area contributed by atoms with Crippen LogP contribution in [0.2, 0.25) is 0 Å². The second kappa shape index (κ2) is 12.3. The maximum atomic E-state index is 2.43. The van der Waals surface area contributed by atoms with Crippen molar-refractivity contribution >= 4 is 0 Å². The molecule has 24 heavy (non-hydrogen) atoms. The van der Waals surface area contributed by atoms with Gasteiger partial charge in [0.2, 0.25) is 0 Å². The summed E-state index contributed by atoms with van der Waals surface area (Å²) in [5.41, 5.74) is 6.42. The molecule has 0 rings (SSSR count). The smallest absolute Gasteiger partial charge is 0.0288 e. The number of allylic oxidation sites excluding steroid dienone is 8. The van der Waals surface area contributed by atoms with E-state index in [2.05, 4.69) is 79.7 Å². The summed E-state index contributed by atoms with van der Waals surface area (Å²) in [6, 6.07) is 0. The van der Waals surface area contributed by atoms with Gasteiger partial charge in [-0.05, 0) is 85.0 Å². The van der Waals surface area contributed by atoms with Gasteiger partial charge in [-0.25, -0.2) is 0 Å². The maximum Gasteiger partial charge on any atom is -0.0288 e. The summed E-state index contributed by atoms with van der Waals surface area (Å²) in [7, 11) is 0. The van der Waals surface area contributed by atoms with E-state index >= 15 is 0 Å². The Kier molecular flexibility index (Phi) is 11.8. The van der Waals surface area contributed by atoms with Crippen LogP contribution in [0.1, 0.15) is 100 Å². The number of hydrogen-bond donors (Lipinski definition) is 0. The zero-order chi connectivity index (χ0) is 18.6. The molecule has 0 amide bonds. The van der Waals surface area contributed by atoms with Crippen LogP contribution in [0.15, 0.2) is 46.6 Å². The van der Waals surface area contributed by atoms with Crippen molar-refractivity contribution in [1.29, 1.82) is 0 Å². The average Bonchev–Trinajstić information content (AvgIpc) is 2.44. The van der Waals surface area contributed by atoms with E-state index < -0.39 is 0 Å². The zero-order valence-electron chi connectivity index (χ0n) is 17.8. The van der Waals surface area contributed by atoms with E-state index in [1.165, 1.54) is 67.2 Å². The molecule has 0 aromatic heterocycles. The van der Waals surface area contributed by atoms with E-state index in [1.54, 1.807) is 0 Å². The number of rotatable bonds is 10. The van der Waals surface area contributed by atoms with Gasteiger partial charge in [0, 0.05) is 0 Å². The first-order valence-electron chi connectivity index (χ1n) is 9.70. The Morgan fingerprint density at radius 1 is 0.583 bits per heavy atom. The first kappa shape index (κ1) is 23.0. The van der Waals surface area contributed by atoms with Crippen LogP contribution in [0.25, 0.3) is 0 Å². The fourth-order valence-electron chi connectivity index (χ4n) is 2.47. The largest absolute Gasteiger partial charge is 0.0856 e. The van der Waals surface area contributed by atoms with E-state index in [9.17, 15) is 0 Å². The molecule has 0 radical (unpaired) electrons. The maximum absolute atomic E-state index is 2.43. The van der Waals surface area contributed by atoms with Crippen molar-refractivity contribution in [2.75, 3.05) is 0 Å². The van der Waals surface area contributed by atoms with Crippen LogP contribution in [0.5, 0.6) is 0 Å². The van der Waals surface area contributed by atoms with Crippen LogP contribution in [0.4, 0.5) is 0 Å². The van der Waals surface area contributed by atoms with Crippen molar-refractivity contribution in [2.24, 2.45) is 5.41 Å². The van der Waals surface area contributed by atoms with Gasteiger partial charge in [0.25, 0.3) is 0 Å². The highest BCUT2D eigenvalue weighted by atomic mass is 14.1. The summed E-state index contributed by atoms with van der Waals surface area (Å²) in [5, 5.41) is 0. The number of hydrogen-bond acceptors (Lipinski definition) is 0. The van der Waals surface area contributed by atoms with Gasteiger partial charge in [-0.2, -0.15) is 0 Å². The Bertz CT molecular complexity index is 457. The highest BCUT2D eigenvalue weighted by Crippen LogP contribution is 2.21. The minimum atomic E-state index is 0.406. The molecule has 138 valence electrons. The lowest BCUT2D eigenvalue weighted by Crippen LogP contribution is -2.02. The van der Waals surface area contributed by atoms with Crippen molar-refractivity contribution in [3.8, 4) is 0 Å². The first-order valence-corrected chi connectivity index (χ1v) is 9.70. The van der Waals surface area contributed by atoms with Gasteiger partial charge in [-0.3, -0.25) is 0 Å². The normalized spacial score (nSPS) is 14.1. The molecule has 0 aromatic carbocycles. The molecule has 0 aliphatic carbocycles. The van der Waals surface area contributed by atoms with Crippen LogP contribution in [0.3, 0.4) is 0 Å². The van der Waals surface area contributed by atoms with Gasteiger partial charge in [0.05, 0.1) is 0 Å². The van der Waals surface area contributed by atoms with Crippen molar-refractivity contribution in [3.63, 3.8) is 0 Å². The van der Waals surface area contributed by atoms with Crippen LogP contribution >= 0.6 is 0 Å². The highest BCUT2D eigenvalue weighted by Gasteiger charge is 2.07. The van der Waals surface area contributed by atoms with Gasteiger partial charge in [-0.1, -0.05) is 67.4 Å². The minimum Gasteiger partial charge on any atom is -0.0856 e. The molecule has 0 unspecified atom stereocenters. The Morgan fingerprint density at radius 2 is 0.958 bits per heavy atom. The third-order valence-electron chi connectivity index (χ3n) is 4.22. The molecule has 0 bridgehead atoms. The third kappa shape index (κ3) is 15.8. The summed E-state index contributed by atoms with van der Waals surface area (Å²) >= 11 is 0. The van der Waals surface area contributed by atoms with E-state index in [4.69, 9.17) is 0 Å². The van der Waals surface area contributed by atoms with E-state index in [0.717, 1.165) is 0 Å². The van der Waals surface area contributed by atoms with Crippen molar-refractivity contribution in [3.05, 3.63) is 46.6 Å². The Labute approximate surface area is 152 Å². The summed E-state index contributed by atoms with van der Waals surface area (Å²) in [6.45, 7) is 18.1. The highest BCUT2D eigenvalue weighted by molar-refractivity contribution is 5.07. The third-order valence-corrected chi connectivity index (χ3v) is 4.22. The second-order valence-corrected chi connectivity index (χ2v) is 8.81. The lowest BCUT2D eigenvalue weighted by atomic mass is 9.91. The van der Waals surface area contributed by atoms with Gasteiger partial charge in [-0.15, -0.1) is 0 Å². The molecule has 0 nitrogen and oxygen atoms in total. The molecule has 0 spiro atoms. The second-order valence-electron chi connectivity index (χ2n) is 8.81. The Hall–Kier alpha value is -1.04. The molecule has 0 heterocycles. The predicted molar refractivity (Wildman–Crippen MR) is 112 cm³/mol. The van der Waals surface area contributed by atoms with Gasteiger partial charge >= 0.3 is 0 Å². The first-order chi connectivity index (χ1) is 11.1. The lowest BCUT2D eigenvalue weighted by molar-refractivity contribution is 0.419.